The highest BCUT2D eigenvalue weighted by Crippen LogP contribution is 2.48. The molecule has 1 N–H and O–H groups in total. The van der Waals surface area contributed by atoms with Gasteiger partial charge in [0.15, 0.2) is 0 Å². The zero-order valence-electron chi connectivity index (χ0n) is 12.7. The van der Waals surface area contributed by atoms with Crippen LogP contribution in [0.4, 0.5) is 15.8 Å². The van der Waals surface area contributed by atoms with Crippen LogP contribution in [-0.4, -0.2) is 20.0 Å². The summed E-state index contributed by atoms with van der Waals surface area (Å²) < 4.78 is 13.7. The van der Waals surface area contributed by atoms with E-state index in [1.807, 2.05) is 49.3 Å². The van der Waals surface area contributed by atoms with Crippen LogP contribution in [0.25, 0.3) is 0 Å². The number of hydrogen-bond donors (Lipinski definition) is 1. The normalized spacial score (nSPS) is 19.6. The number of benzene rings is 2. The van der Waals surface area contributed by atoms with Gasteiger partial charge in [0.2, 0.25) is 5.91 Å². The van der Waals surface area contributed by atoms with Gasteiger partial charge >= 0.3 is 0 Å². The van der Waals surface area contributed by atoms with Gasteiger partial charge in [0.25, 0.3) is 0 Å². The van der Waals surface area contributed by atoms with Gasteiger partial charge in [-0.15, -0.1) is 0 Å². The zero-order valence-corrected chi connectivity index (χ0v) is 12.7. The van der Waals surface area contributed by atoms with Crippen LogP contribution in [0.15, 0.2) is 48.5 Å². The Morgan fingerprint density at radius 3 is 2.45 bits per heavy atom. The minimum atomic E-state index is -0.224. The Morgan fingerprint density at radius 1 is 1.14 bits per heavy atom. The molecule has 114 valence electrons. The van der Waals surface area contributed by atoms with E-state index in [-0.39, 0.29) is 23.6 Å². The van der Waals surface area contributed by atoms with Crippen LogP contribution in [-0.2, 0) is 4.79 Å². The fourth-order valence-corrected chi connectivity index (χ4v) is 2.68. The molecule has 1 saturated carbocycles. The van der Waals surface area contributed by atoms with Crippen molar-refractivity contribution in [2.75, 3.05) is 24.3 Å². The summed E-state index contributed by atoms with van der Waals surface area (Å²) in [4.78, 5) is 14.2. The highest BCUT2D eigenvalue weighted by atomic mass is 19.1. The largest absolute Gasteiger partial charge is 0.378 e. The number of amides is 1. The molecule has 2 atom stereocenters. The number of anilines is 2. The van der Waals surface area contributed by atoms with E-state index in [9.17, 15) is 9.18 Å². The summed E-state index contributed by atoms with van der Waals surface area (Å²) in [6.45, 7) is 0. The highest BCUT2D eigenvalue weighted by molar-refractivity contribution is 5.95. The van der Waals surface area contributed by atoms with Gasteiger partial charge in [0.1, 0.15) is 5.82 Å². The molecule has 1 aliphatic rings. The summed E-state index contributed by atoms with van der Waals surface area (Å²) in [6.07, 6.45) is 0.711. The Hall–Kier alpha value is -2.36. The third-order valence-corrected chi connectivity index (χ3v) is 4.08. The molecule has 2 aromatic carbocycles. The van der Waals surface area contributed by atoms with Crippen LogP contribution in [0.2, 0.25) is 0 Å². The fraction of sp³-hybridized carbons (Fsp3) is 0.278. The maximum absolute atomic E-state index is 13.7. The van der Waals surface area contributed by atoms with E-state index in [0.29, 0.717) is 12.0 Å². The summed E-state index contributed by atoms with van der Waals surface area (Å²) in [6, 6.07) is 14.4. The Morgan fingerprint density at radius 2 is 1.82 bits per heavy atom. The third-order valence-electron chi connectivity index (χ3n) is 4.08. The molecule has 0 spiro atoms. The van der Waals surface area contributed by atoms with Crippen molar-refractivity contribution < 1.29 is 9.18 Å². The number of halogens is 1. The zero-order chi connectivity index (χ0) is 15.7. The van der Waals surface area contributed by atoms with Crippen LogP contribution >= 0.6 is 0 Å². The quantitative estimate of drug-likeness (QED) is 0.934. The van der Waals surface area contributed by atoms with Gasteiger partial charge in [-0.05, 0) is 48.2 Å². The van der Waals surface area contributed by atoms with Gasteiger partial charge in [0, 0.05) is 31.4 Å². The molecular formula is C18H19FN2O. The van der Waals surface area contributed by atoms with Gasteiger partial charge in [-0.3, -0.25) is 4.79 Å². The first-order valence-corrected chi connectivity index (χ1v) is 7.39. The monoisotopic (exact) mass is 298 g/mol. The first-order valence-electron chi connectivity index (χ1n) is 7.39. The standard InChI is InChI=1S/C18H19FN2O/c1-21(2)13-9-7-12(8-10-13)20-18(22)16-11-15(16)14-5-3-4-6-17(14)19/h3-10,15-16H,11H2,1-2H3,(H,20,22). The fourth-order valence-electron chi connectivity index (χ4n) is 2.68. The minimum Gasteiger partial charge on any atom is -0.378 e. The third kappa shape index (κ3) is 2.96. The van der Waals surface area contributed by atoms with Crippen molar-refractivity contribution >= 4 is 17.3 Å². The second-order valence-corrected chi connectivity index (χ2v) is 5.90. The number of nitrogens with one attached hydrogen (secondary N) is 1. The predicted molar refractivity (Wildman–Crippen MR) is 86.6 cm³/mol. The Balaban J connectivity index is 1.63. The molecule has 0 aromatic heterocycles. The van der Waals surface area contributed by atoms with Crippen molar-refractivity contribution in [2.45, 2.75) is 12.3 Å². The van der Waals surface area contributed by atoms with Crippen LogP contribution < -0.4 is 10.2 Å². The smallest absolute Gasteiger partial charge is 0.228 e. The number of rotatable bonds is 4. The van der Waals surface area contributed by atoms with Crippen LogP contribution in [0, 0.1) is 11.7 Å². The van der Waals surface area contributed by atoms with E-state index < -0.39 is 0 Å². The Bertz CT molecular complexity index is 682. The average Bonchev–Trinajstić information content (AvgIpc) is 3.28. The summed E-state index contributed by atoms with van der Waals surface area (Å²) in [5.41, 5.74) is 2.49. The summed E-state index contributed by atoms with van der Waals surface area (Å²) in [5.74, 6) is -0.392. The molecule has 1 aliphatic carbocycles. The highest BCUT2D eigenvalue weighted by Gasteiger charge is 2.45. The van der Waals surface area contributed by atoms with Gasteiger partial charge < -0.3 is 10.2 Å². The van der Waals surface area contributed by atoms with E-state index in [2.05, 4.69) is 5.32 Å². The van der Waals surface area contributed by atoms with Crippen LogP contribution in [0.5, 0.6) is 0 Å². The molecule has 0 radical (unpaired) electrons. The van der Waals surface area contributed by atoms with E-state index in [4.69, 9.17) is 0 Å². The number of carbonyl (C=O) groups is 1. The second-order valence-electron chi connectivity index (χ2n) is 5.90. The Kier molecular flexibility index (Phi) is 3.84. The summed E-state index contributed by atoms with van der Waals surface area (Å²) in [7, 11) is 3.94. The maximum atomic E-state index is 13.7. The molecule has 3 rings (SSSR count). The number of nitrogens with zero attached hydrogens (tertiary/aromatic N) is 1. The molecule has 3 nitrogen and oxygen atoms in total. The van der Waals surface area contributed by atoms with Gasteiger partial charge in [-0.25, -0.2) is 4.39 Å². The van der Waals surface area contributed by atoms with Crippen molar-refractivity contribution in [1.82, 2.24) is 0 Å². The molecule has 0 saturated heterocycles. The van der Waals surface area contributed by atoms with Crippen molar-refractivity contribution in [2.24, 2.45) is 5.92 Å². The first-order chi connectivity index (χ1) is 10.6. The molecule has 0 heterocycles. The lowest BCUT2D eigenvalue weighted by molar-refractivity contribution is -0.117. The molecule has 22 heavy (non-hydrogen) atoms. The molecule has 0 aliphatic heterocycles. The van der Waals surface area contributed by atoms with Gasteiger partial charge in [0.05, 0.1) is 0 Å². The molecule has 4 heteroatoms. The molecule has 2 unspecified atom stereocenters. The molecular weight excluding hydrogens is 279 g/mol. The number of carbonyl (C=O) groups excluding carboxylic acids is 1. The van der Waals surface area contributed by atoms with E-state index in [0.717, 1.165) is 11.4 Å². The summed E-state index contributed by atoms with van der Waals surface area (Å²) >= 11 is 0. The summed E-state index contributed by atoms with van der Waals surface area (Å²) in [5, 5.41) is 2.91. The van der Waals surface area contributed by atoms with Crippen molar-refractivity contribution in [3.05, 3.63) is 59.9 Å². The second kappa shape index (κ2) is 5.79. The predicted octanol–water partition coefficient (Wildman–Crippen LogP) is 3.63. The molecule has 0 bridgehead atoms. The number of hydrogen-bond acceptors (Lipinski definition) is 2. The SMILES string of the molecule is CN(C)c1ccc(NC(=O)C2CC2c2ccccc2F)cc1. The van der Waals surface area contributed by atoms with E-state index in [1.54, 1.807) is 12.1 Å². The van der Waals surface area contributed by atoms with E-state index in [1.165, 1.54) is 6.07 Å². The van der Waals surface area contributed by atoms with Gasteiger partial charge in [-0.2, -0.15) is 0 Å². The van der Waals surface area contributed by atoms with Crippen molar-refractivity contribution in [1.29, 1.82) is 0 Å². The van der Waals surface area contributed by atoms with E-state index >= 15 is 0 Å². The molecule has 2 aromatic rings. The lowest BCUT2D eigenvalue weighted by Crippen LogP contribution is -2.15. The molecule has 1 fully saturated rings. The lowest BCUT2D eigenvalue weighted by Gasteiger charge is -2.13. The first kappa shape index (κ1) is 14.6. The topological polar surface area (TPSA) is 32.3 Å². The Labute approximate surface area is 129 Å². The molecule has 1 amide bonds. The average molecular weight is 298 g/mol. The maximum Gasteiger partial charge on any atom is 0.228 e. The van der Waals surface area contributed by atoms with Crippen molar-refractivity contribution in [3.8, 4) is 0 Å². The van der Waals surface area contributed by atoms with Crippen LogP contribution in [0.3, 0.4) is 0 Å². The van der Waals surface area contributed by atoms with Crippen molar-refractivity contribution in [3.63, 3.8) is 0 Å². The van der Waals surface area contributed by atoms with Gasteiger partial charge in [-0.1, -0.05) is 18.2 Å². The minimum absolute atomic E-state index is 0.00208. The lowest BCUT2D eigenvalue weighted by atomic mass is 10.1. The van der Waals surface area contributed by atoms with Crippen LogP contribution in [0.1, 0.15) is 17.9 Å².